The molecule has 1 rings (SSSR count). The molecule has 1 heterocycles. The summed E-state index contributed by atoms with van der Waals surface area (Å²) in [7, 11) is -3.11. The Bertz CT molecular complexity index is 458. The van der Waals surface area contributed by atoms with Crippen molar-refractivity contribution in [1.82, 2.24) is 14.3 Å². The van der Waals surface area contributed by atoms with E-state index in [1.807, 2.05) is 13.1 Å². The van der Waals surface area contributed by atoms with E-state index in [9.17, 15) is 8.42 Å². The summed E-state index contributed by atoms with van der Waals surface area (Å²) < 4.78 is 26.3. The van der Waals surface area contributed by atoms with Gasteiger partial charge in [0.2, 0.25) is 10.0 Å². The normalized spacial score (nSPS) is 11.9. The van der Waals surface area contributed by atoms with Crippen LogP contribution in [0.2, 0.25) is 0 Å². The summed E-state index contributed by atoms with van der Waals surface area (Å²) in [5, 5.41) is 0. The molecule has 0 saturated heterocycles. The van der Waals surface area contributed by atoms with Crippen molar-refractivity contribution in [3.05, 3.63) is 16.7 Å². The van der Waals surface area contributed by atoms with Crippen LogP contribution in [0.3, 0.4) is 0 Å². The van der Waals surface area contributed by atoms with E-state index in [1.165, 1.54) is 0 Å². The average molecular weight is 235 g/mol. The van der Waals surface area contributed by atoms with Crippen LogP contribution in [0.15, 0.2) is 6.20 Å². The van der Waals surface area contributed by atoms with Crippen molar-refractivity contribution in [3.8, 4) is 0 Å². The van der Waals surface area contributed by atoms with Crippen molar-refractivity contribution in [2.45, 2.75) is 13.5 Å². The smallest absolute Gasteiger partial charge is 0.208 e. The van der Waals surface area contributed by atoms with Crippen molar-refractivity contribution >= 4 is 22.2 Å². The summed E-state index contributed by atoms with van der Waals surface area (Å²) in [6.45, 7) is 2.79. The van der Waals surface area contributed by atoms with E-state index in [4.69, 9.17) is 12.2 Å². The fraction of sp³-hybridized carbons (Fsp3) is 0.571. The van der Waals surface area contributed by atoms with Crippen LogP contribution >= 0.6 is 12.2 Å². The predicted octanol–water partition coefficient (Wildman–Crippen LogP) is 0.403. The minimum absolute atomic E-state index is 0.352. The van der Waals surface area contributed by atoms with Gasteiger partial charge >= 0.3 is 0 Å². The average Bonchev–Trinajstić information content (AvgIpc) is 2.27. The first-order chi connectivity index (χ1) is 6.38. The standard InChI is InChI=1S/C7H13N3O2S2/c1-6-5-10(7(13)9-6)4-3-8-14(2,11)12/h5,8H,3-4H2,1-2H3,(H,9,13). The first-order valence-corrected chi connectivity index (χ1v) is 6.39. The number of aromatic amines is 1. The van der Waals surface area contributed by atoms with Crippen molar-refractivity contribution in [3.63, 3.8) is 0 Å². The second-order valence-corrected chi connectivity index (χ2v) is 5.32. The Morgan fingerprint density at radius 3 is 2.71 bits per heavy atom. The fourth-order valence-electron chi connectivity index (χ4n) is 1.08. The number of nitrogens with zero attached hydrogens (tertiary/aromatic N) is 1. The van der Waals surface area contributed by atoms with Gasteiger partial charge in [-0.3, -0.25) is 0 Å². The maximum absolute atomic E-state index is 10.8. The van der Waals surface area contributed by atoms with Gasteiger partial charge in [-0.1, -0.05) is 0 Å². The number of aryl methyl sites for hydroxylation is 1. The van der Waals surface area contributed by atoms with Crippen molar-refractivity contribution in [1.29, 1.82) is 0 Å². The quantitative estimate of drug-likeness (QED) is 0.743. The Kier molecular flexibility index (Phi) is 3.46. The molecule has 0 aliphatic heterocycles. The zero-order chi connectivity index (χ0) is 10.8. The molecule has 5 nitrogen and oxygen atoms in total. The molecule has 0 radical (unpaired) electrons. The maximum Gasteiger partial charge on any atom is 0.208 e. The highest BCUT2D eigenvalue weighted by molar-refractivity contribution is 7.88. The van der Waals surface area contributed by atoms with Crippen LogP contribution in [0, 0.1) is 11.7 Å². The highest BCUT2D eigenvalue weighted by atomic mass is 32.2. The molecule has 7 heteroatoms. The molecule has 1 aromatic heterocycles. The molecule has 0 aromatic carbocycles. The minimum atomic E-state index is -3.11. The summed E-state index contributed by atoms with van der Waals surface area (Å²) in [6, 6.07) is 0. The number of aromatic nitrogens is 2. The maximum atomic E-state index is 10.8. The topological polar surface area (TPSA) is 66.9 Å². The van der Waals surface area contributed by atoms with Crippen LogP contribution in [0.4, 0.5) is 0 Å². The van der Waals surface area contributed by atoms with E-state index in [0.29, 0.717) is 17.9 Å². The Balaban J connectivity index is 2.55. The van der Waals surface area contributed by atoms with E-state index >= 15 is 0 Å². The molecule has 0 unspecified atom stereocenters. The summed E-state index contributed by atoms with van der Waals surface area (Å²) in [5.74, 6) is 0. The number of nitrogens with one attached hydrogen (secondary N) is 2. The van der Waals surface area contributed by atoms with Crippen LogP contribution in [-0.2, 0) is 16.6 Å². The van der Waals surface area contributed by atoms with Gasteiger partial charge in [0.25, 0.3) is 0 Å². The van der Waals surface area contributed by atoms with E-state index in [2.05, 4.69) is 9.71 Å². The van der Waals surface area contributed by atoms with Gasteiger partial charge in [0.15, 0.2) is 4.77 Å². The number of rotatable bonds is 4. The lowest BCUT2D eigenvalue weighted by Gasteiger charge is -2.02. The number of hydrogen-bond acceptors (Lipinski definition) is 3. The van der Waals surface area contributed by atoms with Crippen LogP contribution in [0.1, 0.15) is 5.69 Å². The third-order valence-electron chi connectivity index (χ3n) is 1.63. The van der Waals surface area contributed by atoms with Crippen LogP contribution in [-0.4, -0.2) is 30.8 Å². The lowest BCUT2D eigenvalue weighted by atomic mass is 10.5. The zero-order valence-corrected chi connectivity index (χ0v) is 9.70. The molecule has 0 spiro atoms. The monoisotopic (exact) mass is 235 g/mol. The van der Waals surface area contributed by atoms with E-state index in [-0.39, 0.29) is 0 Å². The summed E-state index contributed by atoms with van der Waals surface area (Å²) in [5.41, 5.74) is 0.967. The van der Waals surface area contributed by atoms with Gasteiger partial charge in [-0.2, -0.15) is 0 Å². The predicted molar refractivity (Wildman–Crippen MR) is 57.2 cm³/mol. The second-order valence-electron chi connectivity index (χ2n) is 3.10. The van der Waals surface area contributed by atoms with Crippen LogP contribution in [0.25, 0.3) is 0 Å². The van der Waals surface area contributed by atoms with Gasteiger partial charge in [0.05, 0.1) is 6.26 Å². The van der Waals surface area contributed by atoms with Crippen LogP contribution < -0.4 is 4.72 Å². The largest absolute Gasteiger partial charge is 0.335 e. The number of imidazole rings is 1. The van der Waals surface area contributed by atoms with Crippen molar-refractivity contribution in [2.24, 2.45) is 0 Å². The molecule has 0 aliphatic rings. The lowest BCUT2D eigenvalue weighted by Crippen LogP contribution is -2.25. The van der Waals surface area contributed by atoms with Gasteiger partial charge < -0.3 is 9.55 Å². The number of sulfonamides is 1. The summed E-state index contributed by atoms with van der Waals surface area (Å²) >= 11 is 5.01. The van der Waals surface area contributed by atoms with Crippen molar-refractivity contribution < 1.29 is 8.42 Å². The Morgan fingerprint density at radius 2 is 2.29 bits per heavy atom. The molecule has 0 atom stereocenters. The van der Waals surface area contributed by atoms with Gasteiger partial charge in [0.1, 0.15) is 0 Å². The summed E-state index contributed by atoms with van der Waals surface area (Å²) in [4.78, 5) is 2.96. The molecule has 1 aromatic rings. The second kappa shape index (κ2) is 4.24. The number of hydrogen-bond donors (Lipinski definition) is 2. The van der Waals surface area contributed by atoms with Gasteiger partial charge in [-0.25, -0.2) is 13.1 Å². The van der Waals surface area contributed by atoms with Crippen LogP contribution in [0.5, 0.6) is 0 Å². The fourth-order valence-corrected chi connectivity index (χ4v) is 1.85. The van der Waals surface area contributed by atoms with Gasteiger partial charge in [-0.05, 0) is 19.1 Å². The third-order valence-corrected chi connectivity index (χ3v) is 2.70. The molecular weight excluding hydrogens is 222 g/mol. The van der Waals surface area contributed by atoms with E-state index in [1.54, 1.807) is 4.57 Å². The molecule has 14 heavy (non-hydrogen) atoms. The minimum Gasteiger partial charge on any atom is -0.335 e. The SMILES string of the molecule is Cc1cn(CCNS(C)(=O)=O)c(=S)[nH]1. The van der Waals surface area contributed by atoms with E-state index < -0.39 is 10.0 Å². The molecule has 2 N–H and O–H groups in total. The molecule has 0 aliphatic carbocycles. The number of H-pyrrole nitrogens is 1. The Labute approximate surface area is 88.2 Å². The first-order valence-electron chi connectivity index (χ1n) is 4.09. The Morgan fingerprint density at radius 1 is 1.64 bits per heavy atom. The zero-order valence-electron chi connectivity index (χ0n) is 8.07. The highest BCUT2D eigenvalue weighted by Gasteiger charge is 2.00. The van der Waals surface area contributed by atoms with Gasteiger partial charge in [-0.15, -0.1) is 0 Å². The third kappa shape index (κ3) is 3.60. The Hall–Kier alpha value is -0.660. The highest BCUT2D eigenvalue weighted by Crippen LogP contribution is 1.96. The molecular formula is C7H13N3O2S2. The molecule has 80 valence electrons. The molecule has 0 amide bonds. The molecule has 0 bridgehead atoms. The summed E-state index contributed by atoms with van der Waals surface area (Å²) in [6.07, 6.45) is 2.99. The van der Waals surface area contributed by atoms with Gasteiger partial charge in [0, 0.05) is 25.0 Å². The lowest BCUT2D eigenvalue weighted by molar-refractivity contribution is 0.578. The van der Waals surface area contributed by atoms with Crippen molar-refractivity contribution in [2.75, 3.05) is 12.8 Å². The molecule has 0 fully saturated rings. The van der Waals surface area contributed by atoms with E-state index in [0.717, 1.165) is 11.9 Å². The molecule has 0 saturated carbocycles. The first kappa shape index (κ1) is 11.4.